The first-order valence-corrected chi connectivity index (χ1v) is 11.4. The molecule has 2 rings (SSSR count). The SMILES string of the molecule is CCCCCCCCC1CC=C(CCCCOC(=O)Oc2ccccc2)CC1. The molecule has 1 atom stereocenters. The smallest absolute Gasteiger partial charge is 0.434 e. The maximum atomic E-state index is 11.6. The molecule has 0 amide bonds. The minimum absolute atomic E-state index is 0.430. The zero-order valence-electron chi connectivity index (χ0n) is 17.7. The topological polar surface area (TPSA) is 35.5 Å². The zero-order valence-corrected chi connectivity index (χ0v) is 17.7. The van der Waals surface area contributed by atoms with E-state index in [0.29, 0.717) is 12.4 Å². The molecule has 1 aromatic rings. The molecule has 0 spiro atoms. The number of ether oxygens (including phenoxy) is 2. The Morgan fingerprint density at radius 1 is 1.00 bits per heavy atom. The van der Waals surface area contributed by atoms with Crippen molar-refractivity contribution < 1.29 is 14.3 Å². The Balaban J connectivity index is 1.46. The zero-order chi connectivity index (χ0) is 19.9. The second-order valence-electron chi connectivity index (χ2n) is 8.03. The number of benzene rings is 1. The highest BCUT2D eigenvalue weighted by Gasteiger charge is 2.14. The van der Waals surface area contributed by atoms with Crippen molar-refractivity contribution in [2.75, 3.05) is 6.61 Å². The first-order valence-electron chi connectivity index (χ1n) is 11.4. The first-order chi connectivity index (χ1) is 13.8. The summed E-state index contributed by atoms with van der Waals surface area (Å²) in [6.45, 7) is 2.71. The highest BCUT2D eigenvalue weighted by molar-refractivity contribution is 5.63. The van der Waals surface area contributed by atoms with Gasteiger partial charge in [-0.25, -0.2) is 4.79 Å². The Hall–Kier alpha value is -1.77. The number of para-hydroxylation sites is 1. The van der Waals surface area contributed by atoms with Crippen LogP contribution >= 0.6 is 0 Å². The van der Waals surface area contributed by atoms with Crippen molar-refractivity contribution >= 4 is 6.16 Å². The normalized spacial score (nSPS) is 16.5. The molecule has 1 aliphatic carbocycles. The summed E-state index contributed by atoms with van der Waals surface area (Å²) >= 11 is 0. The van der Waals surface area contributed by atoms with E-state index >= 15 is 0 Å². The van der Waals surface area contributed by atoms with Crippen LogP contribution in [0.25, 0.3) is 0 Å². The van der Waals surface area contributed by atoms with E-state index in [1.165, 1.54) is 64.2 Å². The van der Waals surface area contributed by atoms with Crippen LogP contribution < -0.4 is 4.74 Å². The van der Waals surface area contributed by atoms with Crippen molar-refractivity contribution in [2.45, 2.75) is 90.4 Å². The summed E-state index contributed by atoms with van der Waals surface area (Å²) < 4.78 is 10.3. The van der Waals surface area contributed by atoms with Crippen LogP contribution in [0.5, 0.6) is 5.75 Å². The van der Waals surface area contributed by atoms with E-state index < -0.39 is 6.16 Å². The second kappa shape index (κ2) is 14.3. The molecule has 3 nitrogen and oxygen atoms in total. The van der Waals surface area contributed by atoms with E-state index in [1.54, 1.807) is 17.7 Å². The lowest BCUT2D eigenvalue weighted by Gasteiger charge is -2.22. The minimum Gasteiger partial charge on any atom is -0.434 e. The Bertz CT molecular complexity index is 564. The molecule has 0 saturated carbocycles. The summed E-state index contributed by atoms with van der Waals surface area (Å²) in [6, 6.07) is 9.04. The van der Waals surface area contributed by atoms with E-state index in [0.717, 1.165) is 25.2 Å². The van der Waals surface area contributed by atoms with Gasteiger partial charge in [0.2, 0.25) is 0 Å². The molecule has 0 fully saturated rings. The van der Waals surface area contributed by atoms with Crippen LogP contribution in [0, 0.1) is 5.92 Å². The van der Waals surface area contributed by atoms with E-state index in [1.807, 2.05) is 18.2 Å². The molecule has 0 radical (unpaired) electrons. The van der Waals surface area contributed by atoms with Crippen LogP contribution in [0.4, 0.5) is 4.79 Å². The van der Waals surface area contributed by atoms with Crippen LogP contribution in [0.2, 0.25) is 0 Å². The summed E-state index contributed by atoms with van der Waals surface area (Å²) in [5.74, 6) is 1.43. The highest BCUT2D eigenvalue weighted by atomic mass is 16.7. The van der Waals surface area contributed by atoms with Crippen molar-refractivity contribution in [2.24, 2.45) is 5.92 Å². The number of hydrogen-bond acceptors (Lipinski definition) is 3. The van der Waals surface area contributed by atoms with Gasteiger partial charge >= 0.3 is 6.16 Å². The molecule has 0 aromatic heterocycles. The van der Waals surface area contributed by atoms with Gasteiger partial charge in [-0.15, -0.1) is 0 Å². The number of allylic oxidation sites excluding steroid dienone is 2. The van der Waals surface area contributed by atoms with Gasteiger partial charge in [0.1, 0.15) is 5.75 Å². The van der Waals surface area contributed by atoms with Gasteiger partial charge in [-0.05, 0) is 56.6 Å². The van der Waals surface area contributed by atoms with E-state index in [-0.39, 0.29) is 0 Å². The molecule has 3 heteroatoms. The Morgan fingerprint density at radius 2 is 1.79 bits per heavy atom. The lowest BCUT2D eigenvalue weighted by Crippen LogP contribution is -2.11. The Kier molecular flexibility index (Phi) is 11.5. The Morgan fingerprint density at radius 3 is 2.54 bits per heavy atom. The summed E-state index contributed by atoms with van der Waals surface area (Å²) in [4.78, 5) is 11.6. The van der Waals surface area contributed by atoms with Crippen LogP contribution in [0.1, 0.15) is 90.4 Å². The fraction of sp³-hybridized carbons (Fsp3) is 0.640. The van der Waals surface area contributed by atoms with Gasteiger partial charge in [-0.1, -0.05) is 81.7 Å². The maximum Gasteiger partial charge on any atom is 0.513 e. The lowest BCUT2D eigenvalue weighted by molar-refractivity contribution is 0.0975. The molecule has 156 valence electrons. The van der Waals surface area contributed by atoms with Gasteiger partial charge in [0.15, 0.2) is 0 Å². The summed E-state index contributed by atoms with van der Waals surface area (Å²) in [7, 11) is 0. The first kappa shape index (κ1) is 22.5. The van der Waals surface area contributed by atoms with Gasteiger partial charge in [0.05, 0.1) is 6.61 Å². The number of carbonyl (C=O) groups excluding carboxylic acids is 1. The summed E-state index contributed by atoms with van der Waals surface area (Å²) in [5, 5.41) is 0. The summed E-state index contributed by atoms with van der Waals surface area (Å²) in [5.41, 5.74) is 1.60. The third-order valence-electron chi connectivity index (χ3n) is 5.64. The fourth-order valence-electron chi connectivity index (χ4n) is 3.87. The average molecular weight is 387 g/mol. The third-order valence-corrected chi connectivity index (χ3v) is 5.64. The maximum absolute atomic E-state index is 11.6. The van der Waals surface area contributed by atoms with Gasteiger partial charge in [0, 0.05) is 0 Å². The van der Waals surface area contributed by atoms with Crippen LogP contribution in [0.3, 0.4) is 0 Å². The van der Waals surface area contributed by atoms with Crippen LogP contribution in [-0.2, 0) is 4.74 Å². The largest absolute Gasteiger partial charge is 0.513 e. The van der Waals surface area contributed by atoms with Crippen molar-refractivity contribution in [3.05, 3.63) is 42.0 Å². The second-order valence-corrected chi connectivity index (χ2v) is 8.03. The van der Waals surface area contributed by atoms with Gasteiger partial charge in [-0.3, -0.25) is 0 Å². The highest BCUT2D eigenvalue weighted by Crippen LogP contribution is 2.30. The van der Waals surface area contributed by atoms with Gasteiger partial charge in [0.25, 0.3) is 0 Å². The third kappa shape index (κ3) is 9.96. The predicted molar refractivity (Wildman–Crippen MR) is 116 cm³/mol. The number of carbonyl (C=O) groups is 1. The van der Waals surface area contributed by atoms with Crippen molar-refractivity contribution in [3.63, 3.8) is 0 Å². The number of rotatable bonds is 13. The molecule has 0 aliphatic heterocycles. The molecule has 0 N–H and O–H groups in total. The monoisotopic (exact) mass is 386 g/mol. The van der Waals surface area contributed by atoms with Crippen molar-refractivity contribution in [1.29, 1.82) is 0 Å². The van der Waals surface area contributed by atoms with Gasteiger partial charge in [-0.2, -0.15) is 0 Å². The molecular formula is C25H38O3. The van der Waals surface area contributed by atoms with Gasteiger partial charge < -0.3 is 9.47 Å². The van der Waals surface area contributed by atoms with Crippen LogP contribution in [0.15, 0.2) is 42.0 Å². The quantitative estimate of drug-likeness (QED) is 0.150. The molecule has 1 aromatic carbocycles. The molecule has 0 heterocycles. The average Bonchev–Trinajstić information content (AvgIpc) is 2.72. The molecule has 1 unspecified atom stereocenters. The Labute approximate surface area is 171 Å². The lowest BCUT2D eigenvalue weighted by atomic mass is 9.84. The number of hydrogen-bond donors (Lipinski definition) is 0. The standard InChI is InChI=1S/C25H38O3/c1-2-3-4-5-6-8-13-22-17-19-23(20-18-22)14-11-12-21-27-25(26)28-24-15-9-7-10-16-24/h7,9-10,15-16,19,22H,2-6,8,11-14,17-18,20-21H2,1H3. The van der Waals surface area contributed by atoms with Crippen molar-refractivity contribution in [3.8, 4) is 5.75 Å². The van der Waals surface area contributed by atoms with E-state index in [9.17, 15) is 4.79 Å². The molecule has 1 aliphatic rings. The van der Waals surface area contributed by atoms with Crippen molar-refractivity contribution in [1.82, 2.24) is 0 Å². The van der Waals surface area contributed by atoms with E-state index in [4.69, 9.17) is 9.47 Å². The fourth-order valence-corrected chi connectivity index (χ4v) is 3.87. The summed E-state index contributed by atoms with van der Waals surface area (Å²) in [6.07, 6.45) is 18.7. The number of unbranched alkanes of at least 4 members (excludes halogenated alkanes) is 6. The van der Waals surface area contributed by atoms with E-state index in [2.05, 4.69) is 13.0 Å². The molecule has 0 bridgehead atoms. The van der Waals surface area contributed by atoms with Crippen LogP contribution in [-0.4, -0.2) is 12.8 Å². The molecular weight excluding hydrogens is 348 g/mol. The molecule has 28 heavy (non-hydrogen) atoms. The predicted octanol–water partition coefficient (Wildman–Crippen LogP) is 7.85. The molecule has 0 saturated heterocycles. The minimum atomic E-state index is -0.611.